The van der Waals surface area contributed by atoms with Crippen LogP contribution in [0, 0.1) is 56.7 Å². The third-order valence-corrected chi connectivity index (χ3v) is 6.58. The third-order valence-electron chi connectivity index (χ3n) is 4.87. The molecule has 0 spiro atoms. The van der Waals surface area contributed by atoms with Gasteiger partial charge in [-0.3, -0.25) is 0 Å². The summed E-state index contributed by atoms with van der Waals surface area (Å²) in [5, 5.41) is 37.8. The Morgan fingerprint density at radius 1 is 1.33 bits per heavy atom. The minimum atomic E-state index is -1.61. The molecule has 24 heavy (non-hydrogen) atoms. The zero-order valence-electron chi connectivity index (χ0n) is 13.0. The Labute approximate surface area is 153 Å². The molecule has 0 radical (unpaired) electrons. The molecule has 0 aromatic carbocycles. The van der Waals surface area contributed by atoms with Gasteiger partial charge in [-0.15, -0.1) is 11.3 Å². The fourth-order valence-corrected chi connectivity index (χ4v) is 5.41. The summed E-state index contributed by atoms with van der Waals surface area (Å²) >= 11 is 4.93. The number of likely N-dealkylation sites (N-methyl/N-ethyl adjacent to an activating group) is 1. The first-order valence-corrected chi connectivity index (χ1v) is 9.04. The predicted molar refractivity (Wildman–Crippen MR) is 94.3 cm³/mol. The van der Waals surface area contributed by atoms with Crippen molar-refractivity contribution in [2.24, 2.45) is 17.3 Å². The van der Waals surface area contributed by atoms with Gasteiger partial charge in [-0.05, 0) is 40.7 Å². The molecule has 5 nitrogen and oxygen atoms in total. The van der Waals surface area contributed by atoms with E-state index < -0.39 is 17.3 Å². The van der Waals surface area contributed by atoms with Gasteiger partial charge in [0.25, 0.3) is 0 Å². The van der Waals surface area contributed by atoms with Gasteiger partial charge < -0.3 is 10.3 Å². The quantitative estimate of drug-likeness (QED) is 0.732. The van der Waals surface area contributed by atoms with E-state index in [2.05, 4.69) is 39.0 Å². The van der Waals surface area contributed by atoms with E-state index in [-0.39, 0.29) is 11.6 Å². The first kappa shape index (κ1) is 16.9. The van der Waals surface area contributed by atoms with Gasteiger partial charge in [-0.25, -0.2) is 0 Å². The molecule has 7 heteroatoms. The molecular formula is C17H14BrN5S. The lowest BCUT2D eigenvalue weighted by molar-refractivity contribution is 0.237. The first-order chi connectivity index (χ1) is 11.5. The van der Waals surface area contributed by atoms with Crippen LogP contribution in [-0.2, 0) is 0 Å². The van der Waals surface area contributed by atoms with Crippen molar-refractivity contribution in [3.63, 3.8) is 0 Å². The standard InChI is InChI=1S/C17H14BrN5S/c1-23-5-4-10-11(6-19)16(22)17(8-20,9-21)15(12(10)7-23)13-2-3-14(18)24-13/h2-4,11-12,15,22H,5,7H2,1H3/t11?,12-,15+/m0/s1. The largest absolute Gasteiger partial charge is 0.305 e. The normalized spacial score (nSPS) is 28.9. The lowest BCUT2D eigenvalue weighted by Gasteiger charge is -2.46. The summed E-state index contributed by atoms with van der Waals surface area (Å²) in [6.07, 6.45) is 1.99. The number of hydrogen-bond acceptors (Lipinski definition) is 6. The monoisotopic (exact) mass is 399 g/mol. The van der Waals surface area contributed by atoms with Crippen LogP contribution in [0.1, 0.15) is 10.8 Å². The first-order valence-electron chi connectivity index (χ1n) is 7.43. The Balaban J connectivity index is 2.26. The number of fused-ring (bicyclic) bond motifs is 1. The van der Waals surface area contributed by atoms with E-state index in [9.17, 15) is 15.8 Å². The molecule has 1 unspecified atom stereocenters. The van der Waals surface area contributed by atoms with Gasteiger partial charge in [0, 0.05) is 29.8 Å². The van der Waals surface area contributed by atoms with Gasteiger partial charge in [0.2, 0.25) is 0 Å². The van der Waals surface area contributed by atoms with Gasteiger partial charge in [0.05, 0.1) is 27.7 Å². The van der Waals surface area contributed by atoms with Crippen LogP contribution in [0.2, 0.25) is 0 Å². The van der Waals surface area contributed by atoms with Crippen molar-refractivity contribution in [2.45, 2.75) is 5.92 Å². The van der Waals surface area contributed by atoms with Crippen molar-refractivity contribution in [1.29, 1.82) is 21.2 Å². The lowest BCUT2D eigenvalue weighted by Crippen LogP contribution is -2.52. The van der Waals surface area contributed by atoms with Crippen LogP contribution >= 0.6 is 27.3 Å². The second kappa shape index (κ2) is 6.15. The van der Waals surface area contributed by atoms with Crippen LogP contribution < -0.4 is 0 Å². The fraction of sp³-hybridized carbons (Fsp3) is 0.412. The Morgan fingerprint density at radius 2 is 2.04 bits per heavy atom. The van der Waals surface area contributed by atoms with E-state index in [0.29, 0.717) is 13.1 Å². The van der Waals surface area contributed by atoms with E-state index in [1.54, 1.807) is 0 Å². The van der Waals surface area contributed by atoms with Crippen LogP contribution in [-0.4, -0.2) is 30.7 Å². The number of halogens is 1. The van der Waals surface area contributed by atoms with Gasteiger partial charge in [-0.2, -0.15) is 15.8 Å². The highest BCUT2D eigenvalue weighted by Crippen LogP contribution is 2.54. The molecule has 2 heterocycles. The average Bonchev–Trinajstić information content (AvgIpc) is 3.00. The van der Waals surface area contributed by atoms with E-state index in [4.69, 9.17) is 5.41 Å². The molecule has 1 saturated carbocycles. The SMILES string of the molecule is CN1CC=C2C(C#N)C(=N)C(C#N)(C#N)[C@@H](c3ccc(Br)s3)[C@H]2C1. The Kier molecular flexibility index (Phi) is 4.32. The highest BCUT2D eigenvalue weighted by Gasteiger charge is 2.58. The highest BCUT2D eigenvalue weighted by atomic mass is 79.9. The molecule has 0 bridgehead atoms. The van der Waals surface area contributed by atoms with Crippen LogP contribution in [0.4, 0.5) is 0 Å². The smallest absolute Gasteiger partial charge is 0.190 e. The second-order valence-corrected chi connectivity index (χ2v) is 8.65. The van der Waals surface area contributed by atoms with Crippen LogP contribution in [0.5, 0.6) is 0 Å². The Hall–Kier alpha value is -1.98. The van der Waals surface area contributed by atoms with Crippen molar-refractivity contribution < 1.29 is 0 Å². The fourth-order valence-electron chi connectivity index (χ4n) is 3.75. The van der Waals surface area contributed by atoms with Crippen molar-refractivity contribution in [3.8, 4) is 18.2 Å². The number of nitrogens with one attached hydrogen (secondary N) is 1. The van der Waals surface area contributed by atoms with Gasteiger partial charge in [0.1, 0.15) is 5.92 Å². The molecule has 3 atom stereocenters. The van der Waals surface area contributed by atoms with Crippen molar-refractivity contribution in [3.05, 3.63) is 32.4 Å². The van der Waals surface area contributed by atoms with Gasteiger partial charge in [-0.1, -0.05) is 6.08 Å². The van der Waals surface area contributed by atoms with E-state index in [1.807, 2.05) is 25.3 Å². The molecule has 0 amide bonds. The molecule has 1 fully saturated rings. The number of nitrogens with zero attached hydrogens (tertiary/aromatic N) is 4. The molecule has 1 N–H and O–H groups in total. The third kappa shape index (κ3) is 2.31. The minimum Gasteiger partial charge on any atom is -0.305 e. The van der Waals surface area contributed by atoms with Crippen LogP contribution in [0.25, 0.3) is 0 Å². The van der Waals surface area contributed by atoms with Crippen LogP contribution in [0.15, 0.2) is 27.6 Å². The Morgan fingerprint density at radius 3 is 2.58 bits per heavy atom. The zero-order chi connectivity index (χ0) is 17.5. The van der Waals surface area contributed by atoms with Gasteiger partial charge >= 0.3 is 0 Å². The molecule has 0 saturated heterocycles. The summed E-state index contributed by atoms with van der Waals surface area (Å²) in [6.45, 7) is 1.38. The summed E-state index contributed by atoms with van der Waals surface area (Å²) in [5.74, 6) is -1.34. The molecule has 1 aliphatic carbocycles. The molecule has 1 aliphatic heterocycles. The summed E-state index contributed by atoms with van der Waals surface area (Å²) in [5.41, 5.74) is -0.807. The maximum Gasteiger partial charge on any atom is 0.190 e. The summed E-state index contributed by atoms with van der Waals surface area (Å²) < 4.78 is 0.922. The highest BCUT2D eigenvalue weighted by molar-refractivity contribution is 9.11. The van der Waals surface area contributed by atoms with Gasteiger partial charge in [0.15, 0.2) is 5.41 Å². The molecule has 2 aliphatic rings. The maximum atomic E-state index is 9.86. The van der Waals surface area contributed by atoms with E-state index in [1.165, 1.54) is 11.3 Å². The summed E-state index contributed by atoms with van der Waals surface area (Å²) in [7, 11) is 1.98. The minimum absolute atomic E-state index is 0.0865. The number of hydrogen-bond donors (Lipinski definition) is 1. The molecule has 120 valence electrons. The predicted octanol–water partition coefficient (Wildman–Crippen LogP) is 3.29. The van der Waals surface area contributed by atoms with Crippen molar-refractivity contribution in [2.75, 3.05) is 20.1 Å². The average molecular weight is 400 g/mol. The lowest BCUT2D eigenvalue weighted by atomic mass is 9.55. The van der Waals surface area contributed by atoms with Crippen molar-refractivity contribution >= 4 is 33.0 Å². The maximum absolute atomic E-state index is 9.86. The second-order valence-electron chi connectivity index (χ2n) is 6.16. The number of nitriles is 3. The van der Waals surface area contributed by atoms with E-state index >= 15 is 0 Å². The molecular weight excluding hydrogens is 386 g/mol. The summed E-state index contributed by atoms with van der Waals surface area (Å²) in [6, 6.07) is 10.2. The Bertz CT molecular complexity index is 836. The topological polar surface area (TPSA) is 98.5 Å². The number of thiophene rings is 1. The zero-order valence-corrected chi connectivity index (χ0v) is 15.4. The molecule has 3 rings (SSSR count). The molecule has 1 aromatic rings. The summed E-state index contributed by atoms with van der Waals surface area (Å²) in [4.78, 5) is 3.02. The van der Waals surface area contributed by atoms with Crippen molar-refractivity contribution in [1.82, 2.24) is 4.90 Å². The van der Waals surface area contributed by atoms with Crippen LogP contribution in [0.3, 0.4) is 0 Å². The number of rotatable bonds is 1. The molecule has 1 aromatic heterocycles. The van der Waals surface area contributed by atoms with E-state index in [0.717, 1.165) is 14.2 Å².